The van der Waals surface area contributed by atoms with E-state index >= 15 is 0 Å². The van der Waals surface area contributed by atoms with Gasteiger partial charge in [0, 0.05) is 17.4 Å². The Hall–Kier alpha value is -1.76. The lowest BCUT2D eigenvalue weighted by atomic mass is 10.2. The van der Waals surface area contributed by atoms with E-state index < -0.39 is 5.82 Å². The average molecular weight is 343 g/mol. The van der Waals surface area contributed by atoms with Crippen LogP contribution in [0, 0.1) is 5.82 Å². The number of hydrogen-bond donors (Lipinski definition) is 0. The van der Waals surface area contributed by atoms with Gasteiger partial charge in [-0.25, -0.2) is 9.37 Å². The Morgan fingerprint density at radius 1 is 1.50 bits per heavy atom. The first-order chi connectivity index (χ1) is 9.52. The van der Waals surface area contributed by atoms with Gasteiger partial charge in [-0.2, -0.15) is 0 Å². The Morgan fingerprint density at radius 3 is 2.95 bits per heavy atom. The number of fused-ring (bicyclic) bond motifs is 1. The molecule has 0 unspecified atom stereocenters. The van der Waals surface area contributed by atoms with E-state index in [4.69, 9.17) is 0 Å². The molecule has 0 fully saturated rings. The molecule has 20 heavy (non-hydrogen) atoms. The van der Waals surface area contributed by atoms with Gasteiger partial charge in [-0.3, -0.25) is 14.2 Å². The highest BCUT2D eigenvalue weighted by Gasteiger charge is 2.10. The highest BCUT2D eigenvalue weighted by molar-refractivity contribution is 9.10. The minimum Gasteiger partial charge on any atom is -0.469 e. The summed E-state index contributed by atoms with van der Waals surface area (Å²) in [5, 5.41) is 0.206. The predicted octanol–water partition coefficient (Wildman–Crippen LogP) is 2.25. The lowest BCUT2D eigenvalue weighted by molar-refractivity contribution is -0.140. The van der Waals surface area contributed by atoms with Crippen LogP contribution in [-0.2, 0) is 16.1 Å². The topological polar surface area (TPSA) is 61.2 Å². The number of benzene rings is 1. The van der Waals surface area contributed by atoms with Crippen LogP contribution in [0.15, 0.2) is 27.7 Å². The van der Waals surface area contributed by atoms with E-state index in [1.165, 1.54) is 30.1 Å². The molecule has 1 heterocycles. The molecule has 2 rings (SSSR count). The molecule has 0 bridgehead atoms. The molecule has 7 heteroatoms. The van der Waals surface area contributed by atoms with Crippen LogP contribution >= 0.6 is 15.9 Å². The molecular formula is C13H12BrFN2O3. The molecule has 0 saturated carbocycles. The first kappa shape index (κ1) is 14.6. The molecule has 1 aromatic heterocycles. The highest BCUT2D eigenvalue weighted by atomic mass is 79.9. The number of methoxy groups -OCH3 is 1. The summed E-state index contributed by atoms with van der Waals surface area (Å²) in [5.74, 6) is -0.881. The minimum atomic E-state index is -0.548. The van der Waals surface area contributed by atoms with Gasteiger partial charge in [0.2, 0.25) is 0 Å². The SMILES string of the molecule is COC(=O)CCCn1cnc2c(F)cc(Br)cc2c1=O. The van der Waals surface area contributed by atoms with E-state index in [0.717, 1.165) is 0 Å². The van der Waals surface area contributed by atoms with E-state index in [1.807, 2.05) is 0 Å². The second-order valence-electron chi connectivity index (χ2n) is 4.21. The normalized spacial score (nSPS) is 10.8. The lowest BCUT2D eigenvalue weighted by Crippen LogP contribution is -2.21. The van der Waals surface area contributed by atoms with Crippen LogP contribution < -0.4 is 5.56 Å². The maximum absolute atomic E-state index is 13.7. The predicted molar refractivity (Wildman–Crippen MR) is 74.9 cm³/mol. The van der Waals surface area contributed by atoms with Crippen molar-refractivity contribution in [2.75, 3.05) is 7.11 Å². The number of esters is 1. The Kier molecular flexibility index (Phi) is 4.49. The van der Waals surface area contributed by atoms with E-state index in [2.05, 4.69) is 25.7 Å². The van der Waals surface area contributed by atoms with Crippen molar-refractivity contribution < 1.29 is 13.9 Å². The van der Waals surface area contributed by atoms with Crippen molar-refractivity contribution in [3.05, 3.63) is 39.1 Å². The fourth-order valence-corrected chi connectivity index (χ4v) is 2.28. The molecule has 106 valence electrons. The summed E-state index contributed by atoms with van der Waals surface area (Å²) in [7, 11) is 1.31. The van der Waals surface area contributed by atoms with Gasteiger partial charge in [0.15, 0.2) is 5.82 Å². The smallest absolute Gasteiger partial charge is 0.305 e. The zero-order chi connectivity index (χ0) is 14.7. The summed E-state index contributed by atoms with van der Waals surface area (Å²) in [6.45, 7) is 0.324. The maximum atomic E-state index is 13.7. The fraction of sp³-hybridized carbons (Fsp3) is 0.308. The largest absolute Gasteiger partial charge is 0.469 e. The number of aromatic nitrogens is 2. The number of hydrogen-bond acceptors (Lipinski definition) is 4. The number of aryl methyl sites for hydroxylation is 1. The Bertz CT molecular complexity index is 715. The van der Waals surface area contributed by atoms with Crippen molar-refractivity contribution in [1.29, 1.82) is 0 Å². The molecule has 0 saturated heterocycles. The van der Waals surface area contributed by atoms with E-state index in [9.17, 15) is 14.0 Å². The molecule has 5 nitrogen and oxygen atoms in total. The van der Waals surface area contributed by atoms with Crippen LogP contribution in [0.25, 0.3) is 10.9 Å². The van der Waals surface area contributed by atoms with E-state index in [0.29, 0.717) is 17.4 Å². The number of nitrogens with zero attached hydrogens (tertiary/aromatic N) is 2. The van der Waals surface area contributed by atoms with Crippen LogP contribution in [0.3, 0.4) is 0 Å². The van der Waals surface area contributed by atoms with Gasteiger partial charge in [-0.15, -0.1) is 0 Å². The van der Waals surface area contributed by atoms with Crippen molar-refractivity contribution in [2.45, 2.75) is 19.4 Å². The van der Waals surface area contributed by atoms with Crippen molar-refractivity contribution in [3.63, 3.8) is 0 Å². The molecule has 0 atom stereocenters. The summed E-state index contributed by atoms with van der Waals surface area (Å²) in [4.78, 5) is 27.2. The molecular weight excluding hydrogens is 331 g/mol. The van der Waals surface area contributed by atoms with Gasteiger partial charge in [0.1, 0.15) is 5.52 Å². The van der Waals surface area contributed by atoms with Crippen LogP contribution in [0.1, 0.15) is 12.8 Å². The van der Waals surface area contributed by atoms with Gasteiger partial charge in [0.05, 0.1) is 18.8 Å². The van der Waals surface area contributed by atoms with Gasteiger partial charge in [-0.05, 0) is 18.6 Å². The summed E-state index contributed by atoms with van der Waals surface area (Å²) in [6, 6.07) is 2.79. The standard InChI is InChI=1S/C13H12BrFN2O3/c1-20-11(18)3-2-4-17-7-16-12-9(13(17)19)5-8(14)6-10(12)15/h5-7H,2-4H2,1H3. The summed E-state index contributed by atoms with van der Waals surface area (Å²) in [6.07, 6.45) is 1.96. The number of halogens is 2. The summed E-state index contributed by atoms with van der Waals surface area (Å²) >= 11 is 3.15. The molecule has 0 aliphatic carbocycles. The minimum absolute atomic E-state index is 0.0439. The first-order valence-electron chi connectivity index (χ1n) is 5.94. The molecule has 2 aromatic rings. The molecule has 0 radical (unpaired) electrons. The van der Waals surface area contributed by atoms with Crippen molar-refractivity contribution in [2.24, 2.45) is 0 Å². The van der Waals surface area contributed by atoms with Crippen LogP contribution in [0.4, 0.5) is 4.39 Å². The quantitative estimate of drug-likeness (QED) is 0.799. The Balaban J connectivity index is 2.30. The fourth-order valence-electron chi connectivity index (χ4n) is 1.85. The van der Waals surface area contributed by atoms with Gasteiger partial charge in [0.25, 0.3) is 5.56 Å². The van der Waals surface area contributed by atoms with Crippen molar-refractivity contribution in [1.82, 2.24) is 9.55 Å². The molecule has 0 N–H and O–H groups in total. The van der Waals surface area contributed by atoms with Crippen molar-refractivity contribution in [3.8, 4) is 0 Å². The van der Waals surface area contributed by atoms with Gasteiger partial charge >= 0.3 is 5.97 Å². The zero-order valence-electron chi connectivity index (χ0n) is 10.7. The zero-order valence-corrected chi connectivity index (χ0v) is 12.3. The third-order valence-corrected chi connectivity index (χ3v) is 3.31. The van der Waals surface area contributed by atoms with Crippen LogP contribution in [0.2, 0.25) is 0 Å². The highest BCUT2D eigenvalue weighted by Crippen LogP contribution is 2.19. The monoisotopic (exact) mass is 342 g/mol. The van der Waals surface area contributed by atoms with E-state index in [-0.39, 0.29) is 28.9 Å². The molecule has 0 aliphatic heterocycles. The number of carbonyl (C=O) groups excluding carboxylic acids is 1. The van der Waals surface area contributed by atoms with Crippen LogP contribution in [0.5, 0.6) is 0 Å². The summed E-state index contributed by atoms with van der Waals surface area (Å²) < 4.78 is 20.0. The van der Waals surface area contributed by atoms with Crippen LogP contribution in [-0.4, -0.2) is 22.6 Å². The number of rotatable bonds is 4. The third-order valence-electron chi connectivity index (χ3n) is 2.85. The molecule has 1 aromatic carbocycles. The Morgan fingerprint density at radius 2 is 2.25 bits per heavy atom. The first-order valence-corrected chi connectivity index (χ1v) is 6.73. The van der Waals surface area contributed by atoms with E-state index in [1.54, 1.807) is 0 Å². The summed E-state index contributed by atoms with van der Waals surface area (Å²) in [5.41, 5.74) is -0.289. The Labute approximate surface area is 122 Å². The maximum Gasteiger partial charge on any atom is 0.305 e. The second kappa shape index (κ2) is 6.13. The van der Waals surface area contributed by atoms with Gasteiger partial charge in [-0.1, -0.05) is 15.9 Å². The average Bonchev–Trinajstić information content (AvgIpc) is 2.41. The lowest BCUT2D eigenvalue weighted by Gasteiger charge is -2.07. The number of carbonyl (C=O) groups is 1. The van der Waals surface area contributed by atoms with Crippen molar-refractivity contribution >= 4 is 32.8 Å². The second-order valence-corrected chi connectivity index (χ2v) is 5.12. The molecule has 0 spiro atoms. The molecule has 0 aliphatic rings. The third kappa shape index (κ3) is 3.04. The van der Waals surface area contributed by atoms with Gasteiger partial charge < -0.3 is 4.74 Å². The molecule has 0 amide bonds. The number of ether oxygens (including phenoxy) is 1.